The van der Waals surface area contributed by atoms with Crippen LogP contribution in [-0.4, -0.2) is 32.3 Å². The Bertz CT molecular complexity index is 965. The second-order valence-corrected chi connectivity index (χ2v) is 6.83. The van der Waals surface area contributed by atoms with Crippen molar-refractivity contribution < 1.29 is 23.7 Å². The first-order valence-corrected chi connectivity index (χ1v) is 9.43. The molecule has 3 aromatic rings. The number of carbonyl (C=O) groups excluding carboxylic acids is 1. The number of rotatable bonds is 7. The molecule has 0 spiro atoms. The Kier molecular flexibility index (Phi) is 6.16. The smallest absolute Gasteiger partial charge is 0.342 e. The van der Waals surface area contributed by atoms with E-state index in [1.165, 1.54) is 38.2 Å². The molecular formula is C21H21NO5S. The van der Waals surface area contributed by atoms with Gasteiger partial charge in [-0.3, -0.25) is 0 Å². The number of aromatic nitrogens is 1. The average Bonchev–Trinajstić information content (AvgIpc) is 3.20. The zero-order valence-corrected chi connectivity index (χ0v) is 17.0. The third-order valence-corrected chi connectivity index (χ3v) is 5.07. The molecule has 1 aromatic heterocycles. The molecule has 3 rings (SSSR count). The summed E-state index contributed by atoms with van der Waals surface area (Å²) in [4.78, 5) is 17.1. The van der Waals surface area contributed by atoms with Crippen LogP contribution in [0.2, 0.25) is 0 Å². The van der Waals surface area contributed by atoms with E-state index in [9.17, 15) is 4.79 Å². The minimum Gasteiger partial charge on any atom is -0.493 e. The highest BCUT2D eigenvalue weighted by molar-refractivity contribution is 7.13. The standard InChI is InChI=1S/C21H21NO5S/c1-13-5-7-14(8-6-13)20-22-15(12-28-20)11-27-21(23)16-9-10-17(24-2)19(26-4)18(16)25-3/h5-10,12H,11H2,1-4H3. The Morgan fingerprint density at radius 2 is 1.68 bits per heavy atom. The molecule has 0 aliphatic carbocycles. The summed E-state index contributed by atoms with van der Waals surface area (Å²) in [5.41, 5.74) is 3.18. The summed E-state index contributed by atoms with van der Waals surface area (Å²) in [6.07, 6.45) is 0. The van der Waals surface area contributed by atoms with Crippen LogP contribution in [0.3, 0.4) is 0 Å². The minimum absolute atomic E-state index is 0.0681. The Hall–Kier alpha value is -3.06. The largest absolute Gasteiger partial charge is 0.493 e. The number of hydrogen-bond donors (Lipinski definition) is 0. The Morgan fingerprint density at radius 3 is 2.32 bits per heavy atom. The monoisotopic (exact) mass is 399 g/mol. The van der Waals surface area contributed by atoms with E-state index in [0.29, 0.717) is 17.2 Å². The Labute approximate surface area is 167 Å². The molecule has 6 nitrogen and oxygen atoms in total. The highest BCUT2D eigenvalue weighted by Crippen LogP contribution is 2.40. The third kappa shape index (κ3) is 4.09. The first-order valence-electron chi connectivity index (χ1n) is 8.55. The van der Waals surface area contributed by atoms with Gasteiger partial charge in [0.15, 0.2) is 11.5 Å². The number of carbonyl (C=O) groups is 1. The van der Waals surface area contributed by atoms with E-state index in [4.69, 9.17) is 18.9 Å². The van der Waals surface area contributed by atoms with E-state index < -0.39 is 5.97 Å². The van der Waals surface area contributed by atoms with Crippen LogP contribution in [0.25, 0.3) is 10.6 Å². The van der Waals surface area contributed by atoms with Crippen LogP contribution >= 0.6 is 11.3 Å². The van der Waals surface area contributed by atoms with Crippen molar-refractivity contribution >= 4 is 17.3 Å². The van der Waals surface area contributed by atoms with Gasteiger partial charge in [0, 0.05) is 10.9 Å². The lowest BCUT2D eigenvalue weighted by atomic mass is 10.1. The van der Waals surface area contributed by atoms with Gasteiger partial charge >= 0.3 is 5.97 Å². The minimum atomic E-state index is -0.525. The first-order chi connectivity index (χ1) is 13.6. The van der Waals surface area contributed by atoms with Crippen LogP contribution in [0.4, 0.5) is 0 Å². The van der Waals surface area contributed by atoms with Crippen molar-refractivity contribution in [1.29, 1.82) is 0 Å². The number of esters is 1. The van der Waals surface area contributed by atoms with Crippen LogP contribution in [0.5, 0.6) is 17.2 Å². The highest BCUT2D eigenvalue weighted by Gasteiger charge is 2.22. The van der Waals surface area contributed by atoms with Crippen molar-refractivity contribution in [2.75, 3.05) is 21.3 Å². The predicted octanol–water partition coefficient (Wildman–Crippen LogP) is 4.50. The van der Waals surface area contributed by atoms with E-state index in [1.54, 1.807) is 12.1 Å². The summed E-state index contributed by atoms with van der Waals surface area (Å²) < 4.78 is 21.3. The first kappa shape index (κ1) is 19.7. The zero-order valence-electron chi connectivity index (χ0n) is 16.1. The Morgan fingerprint density at radius 1 is 0.964 bits per heavy atom. The maximum absolute atomic E-state index is 12.6. The molecule has 2 aromatic carbocycles. The van der Waals surface area contributed by atoms with Gasteiger partial charge in [0.25, 0.3) is 0 Å². The molecule has 146 valence electrons. The number of benzene rings is 2. The van der Waals surface area contributed by atoms with Gasteiger partial charge in [0.1, 0.15) is 17.2 Å². The van der Waals surface area contributed by atoms with Crippen molar-refractivity contribution in [3.63, 3.8) is 0 Å². The van der Waals surface area contributed by atoms with E-state index >= 15 is 0 Å². The fraction of sp³-hybridized carbons (Fsp3) is 0.238. The van der Waals surface area contributed by atoms with Gasteiger partial charge in [-0.05, 0) is 19.1 Å². The molecule has 0 unspecified atom stereocenters. The van der Waals surface area contributed by atoms with Crippen LogP contribution < -0.4 is 14.2 Å². The number of hydrogen-bond acceptors (Lipinski definition) is 7. The molecule has 0 saturated carbocycles. The number of methoxy groups -OCH3 is 3. The summed E-state index contributed by atoms with van der Waals surface area (Å²) in [5, 5.41) is 2.77. The lowest BCUT2D eigenvalue weighted by Gasteiger charge is -2.14. The second-order valence-electron chi connectivity index (χ2n) is 5.97. The third-order valence-electron chi connectivity index (χ3n) is 4.13. The molecule has 0 amide bonds. The van der Waals surface area contributed by atoms with E-state index in [-0.39, 0.29) is 17.9 Å². The normalized spacial score (nSPS) is 10.4. The van der Waals surface area contributed by atoms with Gasteiger partial charge in [0.2, 0.25) is 5.75 Å². The van der Waals surface area contributed by atoms with E-state index in [2.05, 4.69) is 4.98 Å². The van der Waals surface area contributed by atoms with Crippen molar-refractivity contribution in [3.8, 4) is 27.8 Å². The summed E-state index contributed by atoms with van der Waals surface area (Å²) >= 11 is 1.51. The second kappa shape index (κ2) is 8.75. The summed E-state index contributed by atoms with van der Waals surface area (Å²) in [5.74, 6) is 0.557. The van der Waals surface area contributed by atoms with Crippen LogP contribution in [0.15, 0.2) is 41.8 Å². The quantitative estimate of drug-likeness (QED) is 0.545. The van der Waals surface area contributed by atoms with Gasteiger partial charge in [-0.15, -0.1) is 11.3 Å². The molecule has 1 heterocycles. The van der Waals surface area contributed by atoms with Gasteiger partial charge in [-0.1, -0.05) is 29.8 Å². The molecule has 0 N–H and O–H groups in total. The number of nitrogens with zero attached hydrogens (tertiary/aromatic N) is 1. The average molecular weight is 399 g/mol. The number of thiazole rings is 1. The van der Waals surface area contributed by atoms with E-state index in [1.807, 2.05) is 36.6 Å². The van der Waals surface area contributed by atoms with Gasteiger partial charge < -0.3 is 18.9 Å². The van der Waals surface area contributed by atoms with Gasteiger partial charge in [0.05, 0.1) is 27.0 Å². The fourth-order valence-electron chi connectivity index (χ4n) is 2.68. The topological polar surface area (TPSA) is 66.9 Å². The summed E-state index contributed by atoms with van der Waals surface area (Å²) in [6.45, 7) is 2.11. The maximum atomic E-state index is 12.6. The van der Waals surface area contributed by atoms with Crippen molar-refractivity contribution in [2.45, 2.75) is 13.5 Å². The lowest BCUT2D eigenvalue weighted by Crippen LogP contribution is -2.09. The molecular weight excluding hydrogens is 378 g/mol. The van der Waals surface area contributed by atoms with Crippen LogP contribution in [0, 0.1) is 6.92 Å². The summed E-state index contributed by atoms with van der Waals surface area (Å²) in [7, 11) is 4.46. The molecule has 0 radical (unpaired) electrons. The van der Waals surface area contributed by atoms with Crippen molar-refractivity contribution in [2.24, 2.45) is 0 Å². The van der Waals surface area contributed by atoms with Crippen LogP contribution in [-0.2, 0) is 11.3 Å². The van der Waals surface area contributed by atoms with Crippen molar-refractivity contribution in [3.05, 3.63) is 58.6 Å². The molecule has 7 heteroatoms. The molecule has 0 aliphatic heterocycles. The molecule has 0 saturated heterocycles. The van der Waals surface area contributed by atoms with Gasteiger partial charge in [-0.25, -0.2) is 9.78 Å². The molecule has 0 aliphatic rings. The SMILES string of the molecule is COc1ccc(C(=O)OCc2csc(-c3ccc(C)cc3)n2)c(OC)c1OC. The molecule has 0 bridgehead atoms. The lowest BCUT2D eigenvalue weighted by molar-refractivity contribution is 0.0464. The van der Waals surface area contributed by atoms with Crippen LogP contribution in [0.1, 0.15) is 21.6 Å². The highest BCUT2D eigenvalue weighted by atomic mass is 32.1. The van der Waals surface area contributed by atoms with E-state index in [0.717, 1.165) is 10.6 Å². The van der Waals surface area contributed by atoms with Gasteiger partial charge in [-0.2, -0.15) is 0 Å². The molecule has 28 heavy (non-hydrogen) atoms. The number of aryl methyl sites for hydroxylation is 1. The zero-order chi connectivity index (χ0) is 20.1. The molecule has 0 fully saturated rings. The predicted molar refractivity (Wildman–Crippen MR) is 108 cm³/mol. The maximum Gasteiger partial charge on any atom is 0.342 e. The number of ether oxygens (including phenoxy) is 4. The van der Waals surface area contributed by atoms with Crippen molar-refractivity contribution in [1.82, 2.24) is 4.98 Å². The molecule has 0 atom stereocenters. The fourth-order valence-corrected chi connectivity index (χ4v) is 3.49. The Balaban J connectivity index is 1.73. The summed E-state index contributed by atoms with van der Waals surface area (Å²) in [6, 6.07) is 11.4.